The molecule has 1 saturated heterocycles. The molecule has 0 radical (unpaired) electrons. The van der Waals surface area contributed by atoms with Crippen LogP contribution in [0.3, 0.4) is 0 Å². The molecule has 16 heavy (non-hydrogen) atoms. The quantitative estimate of drug-likeness (QED) is 0.758. The van der Waals surface area contributed by atoms with E-state index in [9.17, 15) is 4.79 Å². The Bertz CT molecular complexity index is 253. The number of aliphatic carboxylic acids is 1. The first-order valence-electron chi connectivity index (χ1n) is 6.00. The Morgan fingerprint density at radius 3 is 2.69 bits per heavy atom. The summed E-state index contributed by atoms with van der Waals surface area (Å²) < 4.78 is 0. The summed E-state index contributed by atoms with van der Waals surface area (Å²) in [5.74, 6) is -0.735. The summed E-state index contributed by atoms with van der Waals surface area (Å²) in [6, 6.07) is 1.05. The van der Waals surface area contributed by atoms with Crippen LogP contribution >= 0.6 is 0 Å². The molecule has 94 valence electrons. The van der Waals surface area contributed by atoms with E-state index in [1.165, 1.54) is 0 Å². The van der Waals surface area contributed by atoms with E-state index in [0.29, 0.717) is 18.6 Å². The fourth-order valence-corrected chi connectivity index (χ4v) is 1.95. The summed E-state index contributed by atoms with van der Waals surface area (Å²) in [6.07, 6.45) is 2.21. The van der Waals surface area contributed by atoms with Gasteiger partial charge >= 0.3 is 5.97 Å². The van der Waals surface area contributed by atoms with Crippen LogP contribution in [0.4, 0.5) is 0 Å². The molecule has 2 atom stereocenters. The summed E-state index contributed by atoms with van der Waals surface area (Å²) >= 11 is 0. The molecule has 4 nitrogen and oxygen atoms in total. The number of hydrogen-bond donors (Lipinski definition) is 2. The Hall–Kier alpha value is -0.610. The monoisotopic (exact) mass is 228 g/mol. The minimum absolute atomic E-state index is 0.463. The van der Waals surface area contributed by atoms with E-state index >= 15 is 0 Å². The fraction of sp³-hybridized carbons (Fsp3) is 0.917. The van der Waals surface area contributed by atoms with Crippen molar-refractivity contribution in [2.75, 3.05) is 20.1 Å². The second kappa shape index (κ2) is 5.15. The van der Waals surface area contributed by atoms with E-state index in [-0.39, 0.29) is 0 Å². The van der Waals surface area contributed by atoms with Crippen molar-refractivity contribution in [1.82, 2.24) is 10.2 Å². The van der Waals surface area contributed by atoms with E-state index in [1.807, 2.05) is 0 Å². The van der Waals surface area contributed by atoms with Crippen molar-refractivity contribution < 1.29 is 9.90 Å². The molecular formula is C12H24N2O2. The zero-order chi connectivity index (χ0) is 12.3. The van der Waals surface area contributed by atoms with Crippen LogP contribution in [0.1, 0.15) is 33.6 Å². The first-order valence-corrected chi connectivity index (χ1v) is 6.00. The molecule has 0 saturated carbocycles. The van der Waals surface area contributed by atoms with Gasteiger partial charge in [0.05, 0.1) is 5.41 Å². The van der Waals surface area contributed by atoms with Gasteiger partial charge in [-0.1, -0.05) is 0 Å². The maximum atomic E-state index is 11.0. The summed E-state index contributed by atoms with van der Waals surface area (Å²) in [4.78, 5) is 13.3. The lowest BCUT2D eigenvalue weighted by molar-refractivity contribution is -0.146. The number of carbonyl (C=O) groups is 1. The topological polar surface area (TPSA) is 52.6 Å². The van der Waals surface area contributed by atoms with Crippen molar-refractivity contribution in [3.8, 4) is 0 Å². The second-order valence-electron chi connectivity index (χ2n) is 5.62. The number of piperidine rings is 1. The maximum absolute atomic E-state index is 11.0. The van der Waals surface area contributed by atoms with Crippen molar-refractivity contribution in [3.63, 3.8) is 0 Å². The Labute approximate surface area is 98.0 Å². The predicted molar refractivity (Wildman–Crippen MR) is 64.5 cm³/mol. The number of nitrogens with one attached hydrogen (secondary N) is 1. The molecule has 1 aliphatic rings. The standard InChI is InChI=1S/C12H24N2O2/c1-9-7-10(5-6-14(9)4)13-8-12(2,3)11(15)16/h9-10,13H,5-8H2,1-4H3,(H,15,16). The Balaban J connectivity index is 2.36. The first-order chi connectivity index (χ1) is 7.33. The molecule has 0 aliphatic carbocycles. The number of carboxylic acids is 1. The van der Waals surface area contributed by atoms with Gasteiger partial charge in [0.25, 0.3) is 0 Å². The number of likely N-dealkylation sites (tertiary alicyclic amines) is 1. The van der Waals surface area contributed by atoms with Crippen molar-refractivity contribution in [1.29, 1.82) is 0 Å². The van der Waals surface area contributed by atoms with Crippen LogP contribution in [-0.2, 0) is 4.79 Å². The summed E-state index contributed by atoms with van der Waals surface area (Å²) in [5, 5.41) is 12.4. The maximum Gasteiger partial charge on any atom is 0.310 e. The fourth-order valence-electron chi connectivity index (χ4n) is 1.95. The molecule has 0 amide bonds. The second-order valence-corrected chi connectivity index (χ2v) is 5.62. The molecule has 0 spiro atoms. The molecule has 2 unspecified atom stereocenters. The third-order valence-corrected chi connectivity index (χ3v) is 3.62. The largest absolute Gasteiger partial charge is 0.481 e. The smallest absolute Gasteiger partial charge is 0.310 e. The average Bonchev–Trinajstić information content (AvgIpc) is 2.20. The van der Waals surface area contributed by atoms with Gasteiger partial charge < -0.3 is 15.3 Å². The highest BCUT2D eigenvalue weighted by molar-refractivity contribution is 5.73. The highest BCUT2D eigenvalue weighted by atomic mass is 16.4. The Morgan fingerprint density at radius 2 is 2.19 bits per heavy atom. The molecule has 0 bridgehead atoms. The zero-order valence-electron chi connectivity index (χ0n) is 10.8. The molecule has 0 aromatic carbocycles. The van der Waals surface area contributed by atoms with Crippen LogP contribution in [0.2, 0.25) is 0 Å². The highest BCUT2D eigenvalue weighted by Gasteiger charge is 2.29. The van der Waals surface area contributed by atoms with Gasteiger partial charge in [-0.2, -0.15) is 0 Å². The zero-order valence-corrected chi connectivity index (χ0v) is 10.8. The van der Waals surface area contributed by atoms with Crippen LogP contribution in [-0.4, -0.2) is 48.2 Å². The van der Waals surface area contributed by atoms with Crippen LogP contribution in [0, 0.1) is 5.41 Å². The third kappa shape index (κ3) is 3.46. The summed E-state index contributed by atoms with van der Waals surface area (Å²) in [7, 11) is 2.14. The van der Waals surface area contributed by atoms with E-state index in [1.54, 1.807) is 13.8 Å². The highest BCUT2D eigenvalue weighted by Crippen LogP contribution is 2.18. The van der Waals surface area contributed by atoms with E-state index in [0.717, 1.165) is 19.4 Å². The third-order valence-electron chi connectivity index (χ3n) is 3.62. The SMILES string of the molecule is CC1CC(NCC(C)(C)C(=O)O)CCN1C. The number of hydrogen-bond acceptors (Lipinski definition) is 3. The number of nitrogens with zero attached hydrogens (tertiary/aromatic N) is 1. The Morgan fingerprint density at radius 1 is 1.56 bits per heavy atom. The van der Waals surface area contributed by atoms with Crippen molar-refractivity contribution in [3.05, 3.63) is 0 Å². The minimum Gasteiger partial charge on any atom is -0.481 e. The molecule has 1 heterocycles. The lowest BCUT2D eigenvalue weighted by atomic mass is 9.92. The molecule has 1 rings (SSSR count). The van der Waals surface area contributed by atoms with E-state index in [4.69, 9.17) is 5.11 Å². The van der Waals surface area contributed by atoms with Gasteiger partial charge in [0.2, 0.25) is 0 Å². The Kier molecular flexibility index (Phi) is 4.33. The molecule has 0 aromatic heterocycles. The predicted octanol–water partition coefficient (Wildman–Crippen LogP) is 1.17. The van der Waals surface area contributed by atoms with E-state index in [2.05, 4.69) is 24.2 Å². The van der Waals surface area contributed by atoms with Crippen LogP contribution < -0.4 is 5.32 Å². The summed E-state index contributed by atoms with van der Waals surface area (Å²) in [6.45, 7) is 7.38. The van der Waals surface area contributed by atoms with Gasteiger partial charge in [-0.25, -0.2) is 0 Å². The van der Waals surface area contributed by atoms with E-state index < -0.39 is 11.4 Å². The lowest BCUT2D eigenvalue weighted by Crippen LogP contribution is -2.48. The van der Waals surface area contributed by atoms with Crippen molar-refractivity contribution in [2.24, 2.45) is 5.41 Å². The van der Waals surface area contributed by atoms with Gasteiger partial charge in [-0.3, -0.25) is 4.79 Å². The van der Waals surface area contributed by atoms with Crippen molar-refractivity contribution >= 4 is 5.97 Å². The molecule has 1 fully saturated rings. The number of carboxylic acid groups (broad SMARTS) is 1. The lowest BCUT2D eigenvalue weighted by Gasteiger charge is -2.36. The van der Waals surface area contributed by atoms with Gasteiger partial charge in [0, 0.05) is 18.6 Å². The van der Waals surface area contributed by atoms with Crippen molar-refractivity contribution in [2.45, 2.75) is 45.7 Å². The molecule has 1 aliphatic heterocycles. The summed E-state index contributed by atoms with van der Waals surface area (Å²) in [5.41, 5.74) is -0.674. The molecule has 4 heteroatoms. The minimum atomic E-state index is -0.735. The number of rotatable bonds is 4. The molecule has 2 N–H and O–H groups in total. The van der Waals surface area contributed by atoms with Crippen LogP contribution in [0.25, 0.3) is 0 Å². The van der Waals surface area contributed by atoms with Crippen LogP contribution in [0.5, 0.6) is 0 Å². The molecular weight excluding hydrogens is 204 g/mol. The van der Waals surface area contributed by atoms with Crippen LogP contribution in [0.15, 0.2) is 0 Å². The van der Waals surface area contributed by atoms with Gasteiger partial charge in [0.1, 0.15) is 0 Å². The van der Waals surface area contributed by atoms with Gasteiger partial charge in [0.15, 0.2) is 0 Å². The van der Waals surface area contributed by atoms with Gasteiger partial charge in [-0.05, 0) is 47.2 Å². The normalized spacial score (nSPS) is 28.0. The average molecular weight is 228 g/mol. The van der Waals surface area contributed by atoms with Gasteiger partial charge in [-0.15, -0.1) is 0 Å². The molecule has 0 aromatic rings. The first kappa shape index (κ1) is 13.5.